The molecule has 3 aromatic carbocycles. The molecule has 0 fully saturated rings. The van der Waals surface area contributed by atoms with E-state index in [2.05, 4.69) is 10.2 Å². The van der Waals surface area contributed by atoms with Gasteiger partial charge in [0.15, 0.2) is 5.75 Å². The second kappa shape index (κ2) is 7.02. The molecule has 26 heavy (non-hydrogen) atoms. The SMILES string of the molecule is COC(=O)c1ccccc1N=Nc1c(O)c(C(=O)O)cc2ccccc12. The molecule has 3 aromatic rings. The van der Waals surface area contributed by atoms with Gasteiger partial charge in [-0.1, -0.05) is 36.4 Å². The number of methoxy groups -OCH3 is 1. The van der Waals surface area contributed by atoms with E-state index in [4.69, 9.17) is 4.74 Å². The zero-order valence-electron chi connectivity index (χ0n) is 13.7. The van der Waals surface area contributed by atoms with Crippen molar-refractivity contribution >= 4 is 34.1 Å². The predicted octanol–water partition coefficient (Wildman–Crippen LogP) is 4.45. The zero-order chi connectivity index (χ0) is 18.7. The largest absolute Gasteiger partial charge is 0.505 e. The van der Waals surface area contributed by atoms with Crippen LogP contribution in [0, 0.1) is 0 Å². The van der Waals surface area contributed by atoms with Gasteiger partial charge < -0.3 is 14.9 Å². The molecule has 3 rings (SSSR count). The normalized spacial score (nSPS) is 11.0. The van der Waals surface area contributed by atoms with Gasteiger partial charge in [-0.15, -0.1) is 10.2 Å². The maximum Gasteiger partial charge on any atom is 0.340 e. The molecule has 2 N–H and O–H groups in total. The molecule has 0 heterocycles. The quantitative estimate of drug-likeness (QED) is 0.534. The van der Waals surface area contributed by atoms with Crippen molar-refractivity contribution in [3.63, 3.8) is 0 Å². The Morgan fingerprint density at radius 2 is 1.65 bits per heavy atom. The number of esters is 1. The second-order valence-corrected chi connectivity index (χ2v) is 5.36. The Bertz CT molecular complexity index is 1040. The van der Waals surface area contributed by atoms with E-state index >= 15 is 0 Å². The van der Waals surface area contributed by atoms with Gasteiger partial charge in [-0.05, 0) is 23.6 Å². The minimum atomic E-state index is -1.28. The van der Waals surface area contributed by atoms with Crippen LogP contribution in [0.4, 0.5) is 11.4 Å². The first kappa shape index (κ1) is 17.1. The van der Waals surface area contributed by atoms with Crippen LogP contribution in [-0.4, -0.2) is 29.3 Å². The fourth-order valence-electron chi connectivity index (χ4n) is 2.53. The maximum atomic E-state index is 11.8. The van der Waals surface area contributed by atoms with E-state index in [1.807, 2.05) is 0 Å². The number of carboxylic acid groups (broad SMARTS) is 1. The van der Waals surface area contributed by atoms with Gasteiger partial charge in [0, 0.05) is 5.39 Å². The average Bonchev–Trinajstić information content (AvgIpc) is 2.66. The van der Waals surface area contributed by atoms with Crippen molar-refractivity contribution in [1.29, 1.82) is 0 Å². The third-order valence-corrected chi connectivity index (χ3v) is 3.79. The Morgan fingerprint density at radius 3 is 2.38 bits per heavy atom. The highest BCUT2D eigenvalue weighted by molar-refractivity contribution is 6.04. The fourth-order valence-corrected chi connectivity index (χ4v) is 2.53. The summed E-state index contributed by atoms with van der Waals surface area (Å²) in [7, 11) is 1.26. The number of phenols is 1. The summed E-state index contributed by atoms with van der Waals surface area (Å²) in [5.41, 5.74) is 0.180. The van der Waals surface area contributed by atoms with Crippen molar-refractivity contribution in [2.75, 3.05) is 7.11 Å². The molecule has 0 saturated carbocycles. The van der Waals surface area contributed by atoms with E-state index in [0.29, 0.717) is 10.8 Å². The molecule has 0 aliphatic heterocycles. The zero-order valence-corrected chi connectivity index (χ0v) is 13.7. The van der Waals surface area contributed by atoms with E-state index in [1.165, 1.54) is 19.2 Å². The van der Waals surface area contributed by atoms with Gasteiger partial charge in [0.05, 0.1) is 12.7 Å². The van der Waals surface area contributed by atoms with E-state index in [0.717, 1.165) is 0 Å². The Hall–Kier alpha value is -3.74. The minimum Gasteiger partial charge on any atom is -0.505 e. The summed E-state index contributed by atoms with van der Waals surface area (Å²) in [5.74, 6) is -2.34. The van der Waals surface area contributed by atoms with E-state index < -0.39 is 17.7 Å². The van der Waals surface area contributed by atoms with E-state index in [-0.39, 0.29) is 22.5 Å². The molecular formula is C19H14N2O5. The predicted molar refractivity (Wildman–Crippen MR) is 94.5 cm³/mol. The van der Waals surface area contributed by atoms with Gasteiger partial charge in [0.2, 0.25) is 0 Å². The van der Waals surface area contributed by atoms with Gasteiger partial charge in [0.1, 0.15) is 16.9 Å². The summed E-state index contributed by atoms with van der Waals surface area (Å²) in [5, 5.41) is 28.8. The van der Waals surface area contributed by atoms with Crippen LogP contribution in [0.15, 0.2) is 64.8 Å². The number of carbonyl (C=O) groups excluding carboxylic acids is 1. The van der Waals surface area contributed by atoms with Crippen LogP contribution in [0.1, 0.15) is 20.7 Å². The number of aromatic carboxylic acids is 1. The van der Waals surface area contributed by atoms with Crippen molar-refractivity contribution in [2.24, 2.45) is 10.2 Å². The molecule has 7 heteroatoms. The van der Waals surface area contributed by atoms with Crippen molar-refractivity contribution < 1.29 is 24.5 Å². The Balaban J connectivity index is 2.18. The van der Waals surface area contributed by atoms with Crippen LogP contribution in [-0.2, 0) is 4.74 Å². The lowest BCUT2D eigenvalue weighted by Gasteiger charge is -2.08. The second-order valence-electron chi connectivity index (χ2n) is 5.36. The monoisotopic (exact) mass is 350 g/mol. The number of fused-ring (bicyclic) bond motifs is 1. The van der Waals surface area contributed by atoms with Crippen molar-refractivity contribution in [1.82, 2.24) is 0 Å². The lowest BCUT2D eigenvalue weighted by Crippen LogP contribution is -2.00. The van der Waals surface area contributed by atoms with Gasteiger partial charge in [-0.2, -0.15) is 0 Å². The number of azo groups is 1. The Morgan fingerprint density at radius 1 is 0.962 bits per heavy atom. The summed E-state index contributed by atoms with van der Waals surface area (Å²) in [4.78, 5) is 23.2. The summed E-state index contributed by atoms with van der Waals surface area (Å²) in [6, 6.07) is 14.7. The molecule has 0 atom stereocenters. The van der Waals surface area contributed by atoms with Gasteiger partial charge in [0.25, 0.3) is 0 Å². The van der Waals surface area contributed by atoms with Crippen LogP contribution in [0.2, 0.25) is 0 Å². The lowest BCUT2D eigenvalue weighted by molar-refractivity contribution is 0.0600. The fraction of sp³-hybridized carbons (Fsp3) is 0.0526. The van der Waals surface area contributed by atoms with E-state index in [1.54, 1.807) is 42.5 Å². The number of aromatic hydroxyl groups is 1. The van der Waals surface area contributed by atoms with Gasteiger partial charge >= 0.3 is 11.9 Å². The van der Waals surface area contributed by atoms with Gasteiger partial charge in [-0.3, -0.25) is 0 Å². The first-order valence-electron chi connectivity index (χ1n) is 7.60. The summed E-state index contributed by atoms with van der Waals surface area (Å²) < 4.78 is 4.71. The molecule has 0 amide bonds. The maximum absolute atomic E-state index is 11.8. The first-order valence-corrected chi connectivity index (χ1v) is 7.60. The number of hydrogen-bond donors (Lipinski definition) is 2. The summed E-state index contributed by atoms with van der Waals surface area (Å²) >= 11 is 0. The molecule has 130 valence electrons. The number of carboxylic acids is 1. The van der Waals surface area contributed by atoms with Crippen LogP contribution in [0.3, 0.4) is 0 Å². The van der Waals surface area contributed by atoms with E-state index in [9.17, 15) is 19.8 Å². The summed E-state index contributed by atoms with van der Waals surface area (Å²) in [6.07, 6.45) is 0. The smallest absolute Gasteiger partial charge is 0.340 e. The molecule has 0 unspecified atom stereocenters. The molecule has 0 bridgehead atoms. The average molecular weight is 350 g/mol. The molecule has 0 aromatic heterocycles. The minimum absolute atomic E-state index is 0.0140. The molecule has 7 nitrogen and oxygen atoms in total. The Labute approximate surface area is 148 Å². The van der Waals surface area contributed by atoms with Crippen molar-refractivity contribution in [3.05, 3.63) is 65.7 Å². The third kappa shape index (κ3) is 3.10. The summed E-state index contributed by atoms with van der Waals surface area (Å²) in [6.45, 7) is 0. The molecule has 0 aliphatic rings. The highest BCUT2D eigenvalue weighted by Gasteiger charge is 2.18. The number of nitrogens with zero attached hydrogens (tertiary/aromatic N) is 2. The molecule has 0 saturated heterocycles. The number of benzene rings is 3. The highest BCUT2D eigenvalue weighted by atomic mass is 16.5. The van der Waals surface area contributed by atoms with Crippen molar-refractivity contribution in [3.8, 4) is 5.75 Å². The first-order chi connectivity index (χ1) is 12.5. The Kier molecular flexibility index (Phi) is 4.62. The van der Waals surface area contributed by atoms with Crippen LogP contribution < -0.4 is 0 Å². The standard InChI is InChI=1S/C19H14N2O5/c1-26-19(25)13-8-4-5-9-15(13)20-21-16-12-7-3-2-6-11(12)10-14(17(16)22)18(23)24/h2-10,22H,1H3,(H,23,24). The van der Waals surface area contributed by atoms with Crippen LogP contribution in [0.25, 0.3) is 10.8 Å². The lowest BCUT2D eigenvalue weighted by atomic mass is 10.0. The number of rotatable bonds is 4. The topological polar surface area (TPSA) is 109 Å². The molecule has 0 aliphatic carbocycles. The highest BCUT2D eigenvalue weighted by Crippen LogP contribution is 2.39. The van der Waals surface area contributed by atoms with Gasteiger partial charge in [-0.25, -0.2) is 9.59 Å². The molecule has 0 radical (unpaired) electrons. The van der Waals surface area contributed by atoms with Crippen LogP contribution >= 0.6 is 0 Å². The number of ether oxygens (including phenoxy) is 1. The number of hydrogen-bond acceptors (Lipinski definition) is 6. The number of carbonyl (C=O) groups is 2. The van der Waals surface area contributed by atoms with Crippen LogP contribution in [0.5, 0.6) is 5.75 Å². The molecule has 0 spiro atoms. The molecular weight excluding hydrogens is 336 g/mol. The third-order valence-electron chi connectivity index (χ3n) is 3.79. The van der Waals surface area contributed by atoms with Crippen molar-refractivity contribution in [2.45, 2.75) is 0 Å².